The fraction of sp³-hybridized carbons (Fsp3) is 0.333. The quantitative estimate of drug-likeness (QED) is 0.709. The predicted molar refractivity (Wildman–Crippen MR) is 101 cm³/mol. The van der Waals surface area contributed by atoms with E-state index in [2.05, 4.69) is 40.7 Å². The van der Waals surface area contributed by atoms with Crippen LogP contribution in [-0.4, -0.2) is 21.8 Å². The molecular weight excluding hydrogens is 310 g/mol. The first-order chi connectivity index (χ1) is 12.1. The van der Waals surface area contributed by atoms with Crippen molar-refractivity contribution in [2.24, 2.45) is 5.92 Å². The Morgan fingerprint density at radius 2 is 1.88 bits per heavy atom. The molecular formula is C21H25N3O. The van der Waals surface area contributed by atoms with E-state index < -0.39 is 0 Å². The molecule has 1 aromatic carbocycles. The highest BCUT2D eigenvalue weighted by molar-refractivity contribution is 5.77. The Bertz CT molecular complexity index is 823. The molecule has 130 valence electrons. The van der Waals surface area contributed by atoms with Gasteiger partial charge in [-0.1, -0.05) is 50.2 Å². The van der Waals surface area contributed by atoms with Gasteiger partial charge in [0.05, 0.1) is 5.69 Å². The molecule has 0 aliphatic carbocycles. The van der Waals surface area contributed by atoms with Crippen LogP contribution < -0.4 is 5.32 Å². The Kier molecular flexibility index (Phi) is 5.49. The summed E-state index contributed by atoms with van der Waals surface area (Å²) in [5.74, 6) is 0.655. The van der Waals surface area contributed by atoms with Crippen LogP contribution in [-0.2, 0) is 4.79 Å². The summed E-state index contributed by atoms with van der Waals surface area (Å²) in [6, 6.07) is 16.1. The molecule has 3 aromatic rings. The van der Waals surface area contributed by atoms with Gasteiger partial charge < -0.3 is 9.72 Å². The number of hydrogen-bond donors (Lipinski definition) is 1. The molecule has 1 amide bonds. The molecule has 1 atom stereocenters. The number of pyridine rings is 1. The minimum Gasteiger partial charge on any atom is -0.356 e. The summed E-state index contributed by atoms with van der Waals surface area (Å²) in [5, 5.41) is 3.06. The van der Waals surface area contributed by atoms with E-state index in [0.29, 0.717) is 12.3 Å². The second-order valence-corrected chi connectivity index (χ2v) is 6.81. The zero-order valence-corrected chi connectivity index (χ0v) is 14.9. The van der Waals surface area contributed by atoms with E-state index in [1.165, 1.54) is 0 Å². The smallest absolute Gasteiger partial charge is 0.221 e. The fourth-order valence-electron chi connectivity index (χ4n) is 3.05. The van der Waals surface area contributed by atoms with Gasteiger partial charge in [-0.05, 0) is 30.0 Å². The van der Waals surface area contributed by atoms with E-state index in [-0.39, 0.29) is 11.8 Å². The van der Waals surface area contributed by atoms with Crippen molar-refractivity contribution < 1.29 is 4.79 Å². The number of carbonyl (C=O) groups is 1. The zero-order chi connectivity index (χ0) is 17.6. The van der Waals surface area contributed by atoms with Gasteiger partial charge in [0.1, 0.15) is 5.65 Å². The summed E-state index contributed by atoms with van der Waals surface area (Å²) in [7, 11) is 0. The number of fused-ring (bicyclic) bond motifs is 1. The summed E-state index contributed by atoms with van der Waals surface area (Å²) >= 11 is 0. The van der Waals surface area contributed by atoms with Crippen LogP contribution in [0.3, 0.4) is 0 Å². The van der Waals surface area contributed by atoms with Crippen LogP contribution in [0.2, 0.25) is 0 Å². The van der Waals surface area contributed by atoms with Crippen LogP contribution in [0.5, 0.6) is 0 Å². The lowest BCUT2D eigenvalue weighted by Gasteiger charge is -2.17. The summed E-state index contributed by atoms with van der Waals surface area (Å²) < 4.78 is 2.07. The van der Waals surface area contributed by atoms with Crippen molar-refractivity contribution >= 4 is 11.6 Å². The van der Waals surface area contributed by atoms with Crippen LogP contribution >= 0.6 is 0 Å². The third kappa shape index (κ3) is 4.27. The molecule has 0 saturated heterocycles. The highest BCUT2D eigenvalue weighted by Crippen LogP contribution is 2.28. The van der Waals surface area contributed by atoms with Gasteiger partial charge in [-0.3, -0.25) is 4.79 Å². The number of imidazole rings is 1. The Balaban J connectivity index is 1.85. The number of benzene rings is 1. The third-order valence-corrected chi connectivity index (χ3v) is 4.44. The molecule has 0 bridgehead atoms. The number of amides is 1. The molecule has 0 fully saturated rings. The molecule has 3 rings (SSSR count). The third-order valence-electron chi connectivity index (χ3n) is 4.44. The van der Waals surface area contributed by atoms with Gasteiger partial charge in [0.15, 0.2) is 0 Å². The van der Waals surface area contributed by atoms with Crippen molar-refractivity contribution in [3.63, 3.8) is 0 Å². The number of hydrogen-bond acceptors (Lipinski definition) is 2. The molecule has 1 N–H and O–H groups in total. The topological polar surface area (TPSA) is 46.4 Å². The number of nitrogens with one attached hydrogen (secondary N) is 1. The van der Waals surface area contributed by atoms with Crippen LogP contribution in [0.1, 0.15) is 43.9 Å². The molecule has 25 heavy (non-hydrogen) atoms. The van der Waals surface area contributed by atoms with E-state index in [9.17, 15) is 4.79 Å². The molecule has 0 radical (unpaired) electrons. The first kappa shape index (κ1) is 17.2. The largest absolute Gasteiger partial charge is 0.356 e. The molecule has 2 aromatic heterocycles. The standard InChI is InChI=1S/C21H25N3O/c1-16(2)11-12-22-21(25)14-18(17-8-4-3-5-9-17)19-15-23-20-10-6-7-13-24(19)20/h3-10,13,15-16,18H,11-12,14H2,1-2H3,(H,22,25). The highest BCUT2D eigenvalue weighted by atomic mass is 16.1. The number of nitrogens with zero attached hydrogens (tertiary/aromatic N) is 2. The van der Waals surface area contributed by atoms with E-state index in [1.54, 1.807) is 0 Å². The van der Waals surface area contributed by atoms with Gasteiger partial charge >= 0.3 is 0 Å². The Labute approximate surface area is 148 Å². The molecule has 1 unspecified atom stereocenters. The number of carbonyl (C=O) groups excluding carboxylic acids is 1. The Morgan fingerprint density at radius 1 is 1.12 bits per heavy atom. The van der Waals surface area contributed by atoms with E-state index in [1.807, 2.05) is 48.8 Å². The molecule has 0 aliphatic rings. The number of rotatable bonds is 7. The predicted octanol–water partition coefficient (Wildman–Crippen LogP) is 4.02. The second-order valence-electron chi connectivity index (χ2n) is 6.81. The summed E-state index contributed by atoms with van der Waals surface area (Å²) in [6.45, 7) is 5.06. The molecule has 2 heterocycles. The first-order valence-corrected chi connectivity index (χ1v) is 8.89. The summed E-state index contributed by atoms with van der Waals surface area (Å²) in [4.78, 5) is 17.0. The summed E-state index contributed by atoms with van der Waals surface area (Å²) in [5.41, 5.74) is 3.08. The Morgan fingerprint density at radius 3 is 2.64 bits per heavy atom. The Hall–Kier alpha value is -2.62. The number of aromatic nitrogens is 2. The summed E-state index contributed by atoms with van der Waals surface area (Å²) in [6.07, 6.45) is 5.31. The first-order valence-electron chi connectivity index (χ1n) is 8.89. The van der Waals surface area contributed by atoms with Gasteiger partial charge in [-0.2, -0.15) is 0 Å². The molecule has 0 aliphatic heterocycles. The molecule has 0 saturated carbocycles. The van der Waals surface area contributed by atoms with Crippen LogP contribution in [0.25, 0.3) is 5.65 Å². The van der Waals surface area contributed by atoms with E-state index in [4.69, 9.17) is 0 Å². The second kappa shape index (κ2) is 7.97. The van der Waals surface area contributed by atoms with Crippen LogP contribution in [0.15, 0.2) is 60.9 Å². The maximum absolute atomic E-state index is 12.5. The van der Waals surface area contributed by atoms with Crippen molar-refractivity contribution in [1.29, 1.82) is 0 Å². The maximum Gasteiger partial charge on any atom is 0.221 e. The lowest BCUT2D eigenvalue weighted by Crippen LogP contribution is -2.27. The minimum absolute atomic E-state index is 0.0161. The zero-order valence-electron chi connectivity index (χ0n) is 14.9. The highest BCUT2D eigenvalue weighted by Gasteiger charge is 2.21. The molecule has 4 heteroatoms. The van der Waals surface area contributed by atoms with Crippen molar-refractivity contribution in [3.8, 4) is 0 Å². The molecule has 4 nitrogen and oxygen atoms in total. The monoisotopic (exact) mass is 335 g/mol. The lowest BCUT2D eigenvalue weighted by molar-refractivity contribution is -0.121. The average molecular weight is 335 g/mol. The average Bonchev–Trinajstić information content (AvgIpc) is 3.04. The normalized spacial score (nSPS) is 12.4. The van der Waals surface area contributed by atoms with E-state index >= 15 is 0 Å². The van der Waals surface area contributed by atoms with Gasteiger partial charge in [0.2, 0.25) is 5.91 Å². The molecule has 0 spiro atoms. The SMILES string of the molecule is CC(C)CCNC(=O)CC(c1ccccc1)c1cnc2ccccn12. The van der Waals surface area contributed by atoms with Gasteiger partial charge in [-0.25, -0.2) is 4.98 Å². The van der Waals surface area contributed by atoms with Gasteiger partial charge in [-0.15, -0.1) is 0 Å². The van der Waals surface area contributed by atoms with E-state index in [0.717, 1.165) is 29.9 Å². The van der Waals surface area contributed by atoms with Crippen molar-refractivity contribution in [2.45, 2.75) is 32.6 Å². The lowest BCUT2D eigenvalue weighted by atomic mass is 9.92. The van der Waals surface area contributed by atoms with Crippen LogP contribution in [0, 0.1) is 5.92 Å². The maximum atomic E-state index is 12.5. The fourth-order valence-corrected chi connectivity index (χ4v) is 3.05. The van der Waals surface area contributed by atoms with Crippen molar-refractivity contribution in [3.05, 3.63) is 72.2 Å². The van der Waals surface area contributed by atoms with Gasteiger partial charge in [0, 0.05) is 31.3 Å². The van der Waals surface area contributed by atoms with Crippen molar-refractivity contribution in [2.75, 3.05) is 6.54 Å². The van der Waals surface area contributed by atoms with Gasteiger partial charge in [0.25, 0.3) is 0 Å². The van der Waals surface area contributed by atoms with Crippen LogP contribution in [0.4, 0.5) is 0 Å². The van der Waals surface area contributed by atoms with Crippen molar-refractivity contribution in [1.82, 2.24) is 14.7 Å². The minimum atomic E-state index is -0.0161.